The maximum Gasteiger partial charge on any atom is 0.319 e. The predicted molar refractivity (Wildman–Crippen MR) is 39.2 cm³/mol. The molecule has 0 atom stereocenters. The van der Waals surface area contributed by atoms with E-state index in [4.69, 9.17) is 0 Å². The number of hydrogen-bond donors (Lipinski definition) is 0. The van der Waals surface area contributed by atoms with E-state index in [-0.39, 0.29) is 0 Å². The van der Waals surface area contributed by atoms with E-state index in [1.165, 1.54) is 5.22 Å². The van der Waals surface area contributed by atoms with Gasteiger partial charge in [-0.2, -0.15) is 0 Å². The van der Waals surface area contributed by atoms with E-state index in [1.54, 1.807) is 0 Å². The summed E-state index contributed by atoms with van der Waals surface area (Å²) >= 11 is 0. The Bertz CT molecular complexity index is 319. The fourth-order valence-electron chi connectivity index (χ4n) is 1.09. The maximum absolute atomic E-state index is 4.23. The van der Waals surface area contributed by atoms with Crippen LogP contribution in [0.3, 0.4) is 0 Å². The lowest BCUT2D eigenvalue weighted by Gasteiger charge is -1.80. The topological polar surface area (TPSA) is 17.3 Å². The summed E-state index contributed by atoms with van der Waals surface area (Å²) in [6, 6.07) is 8.08. The molecule has 0 amide bonds. The molecule has 0 saturated carbocycles. The van der Waals surface area contributed by atoms with Gasteiger partial charge in [0.1, 0.15) is 0 Å². The summed E-state index contributed by atoms with van der Waals surface area (Å²) in [5, 5.41) is 8.31. The van der Waals surface area contributed by atoms with Crippen molar-refractivity contribution in [3.8, 4) is 0 Å². The summed E-state index contributed by atoms with van der Waals surface area (Å²) in [4.78, 5) is 0. The summed E-state index contributed by atoms with van der Waals surface area (Å²) in [5.74, 6) is 0. The van der Waals surface area contributed by atoms with E-state index in [0.29, 0.717) is 0 Å². The Morgan fingerprint density at radius 2 is 2.10 bits per heavy atom. The highest BCUT2D eigenvalue weighted by Gasteiger charge is 2.09. The highest BCUT2D eigenvalue weighted by Crippen LogP contribution is 1.78. The molecule has 1 aromatic rings. The first-order valence-corrected chi connectivity index (χ1v) is 3.25. The Morgan fingerprint density at radius 1 is 1.30 bits per heavy atom. The zero-order valence-electron chi connectivity index (χ0n) is 5.78. The summed E-state index contributed by atoms with van der Waals surface area (Å²) in [6.45, 7) is 0. The van der Waals surface area contributed by atoms with Crippen LogP contribution in [0, 0.1) is 0 Å². The Hall–Kier alpha value is -1.31. The molecule has 0 fully saturated rings. The number of fused-ring (bicyclic) bond motifs is 1. The van der Waals surface area contributed by atoms with Crippen molar-refractivity contribution in [1.29, 1.82) is 0 Å². The molecule has 1 heterocycles. The Balaban J connectivity index is 2.83. The number of nitrogens with zero attached hydrogens (tertiary/aromatic N) is 2. The van der Waals surface area contributed by atoms with Crippen molar-refractivity contribution in [2.45, 2.75) is 0 Å². The van der Waals surface area contributed by atoms with Gasteiger partial charge in [0.25, 0.3) is 0 Å². The third-order valence-electron chi connectivity index (χ3n) is 1.53. The second kappa shape index (κ2) is 1.84. The zero-order valence-corrected chi connectivity index (χ0v) is 5.78. The van der Waals surface area contributed by atoms with Crippen LogP contribution in [-0.4, -0.2) is 12.1 Å². The molecule has 1 aliphatic heterocycles. The number of rotatable bonds is 0. The lowest BCUT2D eigenvalue weighted by atomic mass is 10.3. The van der Waals surface area contributed by atoms with E-state index >= 15 is 0 Å². The molecule has 2 rings (SSSR count). The molecule has 1 aliphatic rings. The van der Waals surface area contributed by atoms with Gasteiger partial charge in [0.15, 0.2) is 5.10 Å². The van der Waals surface area contributed by atoms with Crippen LogP contribution in [0.1, 0.15) is 0 Å². The van der Waals surface area contributed by atoms with Crippen molar-refractivity contribution in [3.63, 3.8) is 0 Å². The molecule has 0 saturated heterocycles. The van der Waals surface area contributed by atoms with Gasteiger partial charge in [-0.3, -0.25) is 0 Å². The Kier molecular flexibility index (Phi) is 1.01. The van der Waals surface area contributed by atoms with Crippen molar-refractivity contribution >= 4 is 6.20 Å². The van der Waals surface area contributed by atoms with Gasteiger partial charge in [0.05, 0.1) is 18.5 Å². The third kappa shape index (κ3) is 0.692. The van der Waals surface area contributed by atoms with Gasteiger partial charge in [0, 0.05) is 6.07 Å². The Morgan fingerprint density at radius 3 is 2.90 bits per heavy atom. The summed E-state index contributed by atoms with van der Waals surface area (Å²) in [6.07, 6.45) is 2.01. The molecule has 0 aliphatic carbocycles. The molecular weight excluding hydrogens is 124 g/mol. The number of benzene rings is 1. The fraction of sp³-hybridized carbons (Fsp3) is 0.125. The highest BCUT2D eigenvalue weighted by molar-refractivity contribution is 5.23. The first kappa shape index (κ1) is 5.47. The summed E-state index contributed by atoms with van der Waals surface area (Å²) < 4.78 is 0. The van der Waals surface area contributed by atoms with Crippen molar-refractivity contribution in [1.82, 2.24) is 10.1 Å². The van der Waals surface area contributed by atoms with Crippen molar-refractivity contribution in [3.05, 3.63) is 34.8 Å². The second-order valence-corrected chi connectivity index (χ2v) is 2.36. The highest BCUT2D eigenvalue weighted by atomic mass is 15.4. The molecule has 49 valence electrons. The lowest BCUT2D eigenvalue weighted by molar-refractivity contribution is 0.461. The van der Waals surface area contributed by atoms with E-state index in [9.17, 15) is 0 Å². The molecule has 0 aromatic heterocycles. The van der Waals surface area contributed by atoms with E-state index in [1.807, 2.05) is 36.5 Å². The minimum absolute atomic E-state index is 1.06. The van der Waals surface area contributed by atoms with Gasteiger partial charge >= 0.3 is 5.36 Å². The van der Waals surface area contributed by atoms with E-state index in [2.05, 4.69) is 11.2 Å². The van der Waals surface area contributed by atoms with Crippen LogP contribution >= 0.6 is 0 Å². The lowest BCUT2D eigenvalue weighted by Crippen LogP contribution is -2.24. The monoisotopic (exact) mass is 132 g/mol. The van der Waals surface area contributed by atoms with E-state index < -0.39 is 0 Å². The molecule has 2 nitrogen and oxygen atoms in total. The van der Waals surface area contributed by atoms with Crippen molar-refractivity contribution in [2.75, 3.05) is 7.05 Å². The summed E-state index contributed by atoms with van der Waals surface area (Å²) in [5.41, 5.74) is 0. The first-order chi connectivity index (χ1) is 4.86. The van der Waals surface area contributed by atoms with Gasteiger partial charge in [-0.1, -0.05) is 17.1 Å². The molecule has 2 heteroatoms. The molecular formula is C8H8N2+. The third-order valence-corrected chi connectivity index (χ3v) is 1.53. The van der Waals surface area contributed by atoms with Crippen molar-refractivity contribution in [2.24, 2.45) is 0 Å². The largest absolute Gasteiger partial charge is 0.319 e. The smallest absolute Gasteiger partial charge is 0.0979 e. The molecule has 0 spiro atoms. The second-order valence-electron chi connectivity index (χ2n) is 2.36. The molecule has 0 N–H and O–H groups in total. The number of hydrogen-bond acceptors (Lipinski definition) is 2. The average Bonchev–Trinajstić information content (AvgIpc) is 2.27. The summed E-state index contributed by atoms with van der Waals surface area (Å²) in [7, 11) is 1.93. The van der Waals surface area contributed by atoms with Gasteiger partial charge in [0.2, 0.25) is 0 Å². The standard InChI is InChI=1S/C8H8N2/c1-10-6-7-4-2-3-5-8(7)9-10/h2-6H,1H3/q+1. The van der Waals surface area contributed by atoms with Crippen LogP contribution in [0.25, 0.3) is 6.20 Å². The first-order valence-electron chi connectivity index (χ1n) is 3.25. The molecule has 1 radical (unpaired) electrons. The maximum atomic E-state index is 4.23. The van der Waals surface area contributed by atoms with Crippen molar-refractivity contribution < 1.29 is 0 Å². The Labute approximate surface area is 59.1 Å². The van der Waals surface area contributed by atoms with Crippen LogP contribution in [0.15, 0.2) is 24.3 Å². The quantitative estimate of drug-likeness (QED) is 0.453. The molecule has 10 heavy (non-hydrogen) atoms. The minimum atomic E-state index is 1.06. The normalized spacial score (nSPS) is 13.9. The van der Waals surface area contributed by atoms with Crippen LogP contribution < -0.4 is 15.7 Å². The zero-order chi connectivity index (χ0) is 6.97. The van der Waals surface area contributed by atoms with Crippen LogP contribution in [0.5, 0.6) is 0 Å². The van der Waals surface area contributed by atoms with Crippen LogP contribution in [0.2, 0.25) is 0 Å². The molecule has 0 bridgehead atoms. The predicted octanol–water partition coefficient (Wildman–Crippen LogP) is -0.760. The van der Waals surface area contributed by atoms with Crippen LogP contribution in [0.4, 0.5) is 0 Å². The van der Waals surface area contributed by atoms with E-state index in [0.717, 1.165) is 5.36 Å². The SMILES string of the molecule is CN1C=c2ccccc2=[N+]1. The average molecular weight is 132 g/mol. The molecule has 1 aromatic carbocycles. The van der Waals surface area contributed by atoms with Gasteiger partial charge in [-0.05, 0) is 6.07 Å². The molecule has 0 unspecified atom stereocenters. The van der Waals surface area contributed by atoms with Gasteiger partial charge < -0.3 is 0 Å². The van der Waals surface area contributed by atoms with Gasteiger partial charge in [-0.25, -0.2) is 0 Å². The van der Waals surface area contributed by atoms with Gasteiger partial charge in [-0.15, -0.1) is 0 Å². The van der Waals surface area contributed by atoms with Crippen LogP contribution in [-0.2, 0) is 0 Å². The fourth-order valence-corrected chi connectivity index (χ4v) is 1.09. The minimum Gasteiger partial charge on any atom is -0.0979 e.